The van der Waals surface area contributed by atoms with Gasteiger partial charge in [-0.2, -0.15) is 0 Å². The van der Waals surface area contributed by atoms with E-state index >= 15 is 0 Å². The summed E-state index contributed by atoms with van der Waals surface area (Å²) in [5, 5.41) is 0. The SMILES string of the molecule is C=CC[NH+]1CCN(C(=O)[C@@H](C)Oc2ccc(C)cc2C)CC1. The van der Waals surface area contributed by atoms with E-state index in [0.29, 0.717) is 0 Å². The van der Waals surface area contributed by atoms with Crippen molar-refractivity contribution >= 4 is 5.91 Å². The zero-order valence-electron chi connectivity index (χ0n) is 13.9. The Kier molecular flexibility index (Phi) is 5.61. The van der Waals surface area contributed by atoms with Crippen LogP contribution in [0.4, 0.5) is 0 Å². The fourth-order valence-corrected chi connectivity index (χ4v) is 2.88. The lowest BCUT2D eigenvalue weighted by Crippen LogP contribution is -3.14. The molecule has 120 valence electrons. The number of hydrogen-bond donors (Lipinski definition) is 1. The molecule has 1 N–H and O–H groups in total. The summed E-state index contributed by atoms with van der Waals surface area (Å²) in [5.41, 5.74) is 2.27. The van der Waals surface area contributed by atoms with Gasteiger partial charge in [-0.25, -0.2) is 0 Å². The molecule has 0 spiro atoms. The first-order valence-corrected chi connectivity index (χ1v) is 7.98. The minimum atomic E-state index is -0.442. The highest BCUT2D eigenvalue weighted by atomic mass is 16.5. The van der Waals surface area contributed by atoms with Crippen LogP contribution in [-0.4, -0.2) is 49.6 Å². The van der Waals surface area contributed by atoms with Crippen molar-refractivity contribution < 1.29 is 14.4 Å². The molecule has 1 aliphatic heterocycles. The van der Waals surface area contributed by atoms with Crippen molar-refractivity contribution in [1.29, 1.82) is 0 Å². The molecule has 0 bridgehead atoms. The van der Waals surface area contributed by atoms with Crippen LogP contribution in [0.2, 0.25) is 0 Å². The number of rotatable bonds is 5. The summed E-state index contributed by atoms with van der Waals surface area (Å²) in [6.45, 7) is 14.2. The standard InChI is InChI=1S/C18H26N2O2/c1-5-8-19-9-11-20(12-10-19)18(21)16(4)22-17-7-6-14(2)13-15(17)3/h5-7,13,16H,1,8-12H2,2-4H3/p+1/t16-/m1/s1. The normalized spacial score (nSPS) is 17.1. The summed E-state index contributed by atoms with van der Waals surface area (Å²) in [6.07, 6.45) is 1.50. The van der Waals surface area contributed by atoms with Crippen LogP contribution in [0.15, 0.2) is 30.9 Å². The van der Waals surface area contributed by atoms with Crippen molar-refractivity contribution in [2.75, 3.05) is 32.7 Å². The average molecular weight is 303 g/mol. The van der Waals surface area contributed by atoms with Crippen LogP contribution in [0, 0.1) is 13.8 Å². The molecular formula is C18H27N2O2+. The highest BCUT2D eigenvalue weighted by Crippen LogP contribution is 2.20. The maximum Gasteiger partial charge on any atom is 0.263 e. The molecule has 0 aromatic heterocycles. The lowest BCUT2D eigenvalue weighted by Gasteiger charge is -2.33. The van der Waals surface area contributed by atoms with Crippen molar-refractivity contribution in [3.63, 3.8) is 0 Å². The van der Waals surface area contributed by atoms with E-state index in [9.17, 15) is 4.79 Å². The third kappa shape index (κ3) is 4.10. The molecule has 1 aromatic carbocycles. The molecule has 0 unspecified atom stereocenters. The zero-order chi connectivity index (χ0) is 16.1. The number of hydrogen-bond acceptors (Lipinski definition) is 2. The van der Waals surface area contributed by atoms with Gasteiger partial charge in [0, 0.05) is 0 Å². The van der Waals surface area contributed by atoms with Gasteiger partial charge in [-0.1, -0.05) is 24.3 Å². The first-order chi connectivity index (χ1) is 10.5. The second-order valence-electron chi connectivity index (χ2n) is 6.10. The van der Waals surface area contributed by atoms with E-state index in [1.807, 2.05) is 37.0 Å². The monoisotopic (exact) mass is 303 g/mol. The number of nitrogens with one attached hydrogen (secondary N) is 1. The van der Waals surface area contributed by atoms with Gasteiger partial charge < -0.3 is 14.5 Å². The average Bonchev–Trinajstić information content (AvgIpc) is 2.50. The minimum absolute atomic E-state index is 0.0811. The Bertz CT molecular complexity index is 534. The van der Waals surface area contributed by atoms with Gasteiger partial charge in [0.25, 0.3) is 5.91 Å². The van der Waals surface area contributed by atoms with E-state index in [1.165, 1.54) is 10.5 Å². The fourth-order valence-electron chi connectivity index (χ4n) is 2.88. The number of nitrogens with zero attached hydrogens (tertiary/aromatic N) is 1. The molecule has 0 radical (unpaired) electrons. The van der Waals surface area contributed by atoms with Crippen LogP contribution < -0.4 is 9.64 Å². The van der Waals surface area contributed by atoms with E-state index in [4.69, 9.17) is 4.74 Å². The van der Waals surface area contributed by atoms with E-state index < -0.39 is 6.10 Å². The highest BCUT2D eigenvalue weighted by molar-refractivity contribution is 5.81. The van der Waals surface area contributed by atoms with Gasteiger partial charge in [-0.3, -0.25) is 4.79 Å². The van der Waals surface area contributed by atoms with Crippen LogP contribution in [-0.2, 0) is 4.79 Å². The van der Waals surface area contributed by atoms with Gasteiger partial charge in [0.15, 0.2) is 6.10 Å². The van der Waals surface area contributed by atoms with Crippen LogP contribution in [0.1, 0.15) is 18.1 Å². The Hall–Kier alpha value is -1.81. The van der Waals surface area contributed by atoms with Gasteiger partial charge in [-0.05, 0) is 38.5 Å². The molecule has 1 heterocycles. The third-order valence-corrected chi connectivity index (χ3v) is 4.20. The molecule has 0 saturated carbocycles. The number of carbonyl (C=O) groups is 1. The first kappa shape index (κ1) is 16.6. The van der Waals surface area contributed by atoms with Gasteiger partial charge in [-0.15, -0.1) is 0 Å². The topological polar surface area (TPSA) is 34.0 Å². The second-order valence-corrected chi connectivity index (χ2v) is 6.10. The van der Waals surface area contributed by atoms with Gasteiger partial charge >= 0.3 is 0 Å². The largest absolute Gasteiger partial charge is 0.481 e. The van der Waals surface area contributed by atoms with Crippen LogP contribution in [0.3, 0.4) is 0 Å². The van der Waals surface area contributed by atoms with Crippen molar-refractivity contribution in [1.82, 2.24) is 4.90 Å². The molecule has 4 heteroatoms. The number of aryl methyl sites for hydroxylation is 2. The minimum Gasteiger partial charge on any atom is -0.481 e. The van der Waals surface area contributed by atoms with E-state index in [0.717, 1.165) is 44.0 Å². The lowest BCUT2D eigenvalue weighted by molar-refractivity contribution is -0.898. The summed E-state index contributed by atoms with van der Waals surface area (Å²) in [7, 11) is 0. The quantitative estimate of drug-likeness (QED) is 0.823. The van der Waals surface area contributed by atoms with Gasteiger partial charge in [0.2, 0.25) is 0 Å². The van der Waals surface area contributed by atoms with Crippen molar-refractivity contribution in [2.24, 2.45) is 0 Å². The summed E-state index contributed by atoms with van der Waals surface area (Å²) in [5.74, 6) is 0.875. The smallest absolute Gasteiger partial charge is 0.263 e. The molecular weight excluding hydrogens is 276 g/mol. The zero-order valence-corrected chi connectivity index (χ0v) is 13.9. The molecule has 1 amide bonds. The van der Waals surface area contributed by atoms with Crippen LogP contribution in [0.25, 0.3) is 0 Å². The molecule has 0 aliphatic carbocycles. The fraction of sp³-hybridized carbons (Fsp3) is 0.500. The molecule has 2 rings (SSSR count). The summed E-state index contributed by atoms with van der Waals surface area (Å²) in [4.78, 5) is 15.9. The number of carbonyl (C=O) groups excluding carboxylic acids is 1. The predicted octanol–water partition coefficient (Wildman–Crippen LogP) is 0.984. The number of ether oxygens (including phenoxy) is 1. The first-order valence-electron chi connectivity index (χ1n) is 7.98. The molecule has 1 atom stereocenters. The summed E-state index contributed by atoms with van der Waals surface area (Å²) in [6, 6.07) is 6.03. The number of quaternary nitrogens is 1. The molecule has 22 heavy (non-hydrogen) atoms. The summed E-state index contributed by atoms with van der Waals surface area (Å²) >= 11 is 0. The maximum atomic E-state index is 12.5. The molecule has 1 fully saturated rings. The number of amides is 1. The number of piperazine rings is 1. The Labute approximate surface area is 133 Å². The molecule has 1 aromatic rings. The highest BCUT2D eigenvalue weighted by Gasteiger charge is 2.27. The Morgan fingerprint density at radius 2 is 2.09 bits per heavy atom. The Morgan fingerprint density at radius 1 is 1.41 bits per heavy atom. The Balaban J connectivity index is 1.91. The Morgan fingerprint density at radius 3 is 2.68 bits per heavy atom. The second kappa shape index (κ2) is 7.45. The molecule has 4 nitrogen and oxygen atoms in total. The van der Waals surface area contributed by atoms with Crippen molar-refractivity contribution in [2.45, 2.75) is 26.9 Å². The number of benzene rings is 1. The van der Waals surface area contributed by atoms with Crippen molar-refractivity contribution in [3.05, 3.63) is 42.0 Å². The van der Waals surface area contributed by atoms with Gasteiger partial charge in [0.05, 0.1) is 32.7 Å². The van der Waals surface area contributed by atoms with Crippen LogP contribution in [0.5, 0.6) is 5.75 Å². The van der Waals surface area contributed by atoms with Crippen molar-refractivity contribution in [3.8, 4) is 5.75 Å². The van der Waals surface area contributed by atoms with Crippen LogP contribution >= 0.6 is 0 Å². The van der Waals surface area contributed by atoms with E-state index in [2.05, 4.69) is 19.6 Å². The molecule has 1 saturated heterocycles. The molecule has 1 aliphatic rings. The van der Waals surface area contributed by atoms with E-state index in [1.54, 1.807) is 0 Å². The lowest BCUT2D eigenvalue weighted by atomic mass is 10.1. The predicted molar refractivity (Wildman–Crippen MR) is 88.3 cm³/mol. The third-order valence-electron chi connectivity index (χ3n) is 4.20. The van der Waals surface area contributed by atoms with Gasteiger partial charge in [0.1, 0.15) is 5.75 Å². The summed E-state index contributed by atoms with van der Waals surface area (Å²) < 4.78 is 5.88. The van der Waals surface area contributed by atoms with E-state index in [-0.39, 0.29) is 5.91 Å². The maximum absolute atomic E-state index is 12.5.